The van der Waals surface area contributed by atoms with Crippen LogP contribution >= 0.6 is 0 Å². The van der Waals surface area contributed by atoms with Crippen molar-refractivity contribution in [3.63, 3.8) is 0 Å². The van der Waals surface area contributed by atoms with Gasteiger partial charge in [0, 0.05) is 29.9 Å². The first-order chi connectivity index (χ1) is 15.6. The third-order valence-corrected chi connectivity index (χ3v) is 4.73. The average Bonchev–Trinajstić information content (AvgIpc) is 2.83. The average molecular weight is 426 g/mol. The summed E-state index contributed by atoms with van der Waals surface area (Å²) in [5, 5.41) is 2.84. The molecule has 6 heteroatoms. The van der Waals surface area contributed by atoms with Crippen LogP contribution in [0.5, 0.6) is 11.6 Å². The zero-order chi connectivity index (χ0) is 22.3. The van der Waals surface area contributed by atoms with E-state index in [2.05, 4.69) is 10.3 Å². The second kappa shape index (κ2) is 9.66. The lowest BCUT2D eigenvalue weighted by Gasteiger charge is -2.11. The first-order valence-corrected chi connectivity index (χ1v) is 9.95. The number of rotatable bonds is 7. The Labute approximate surface area is 184 Å². The number of pyridine rings is 1. The molecule has 158 valence electrons. The van der Waals surface area contributed by atoms with Gasteiger partial charge in [0.1, 0.15) is 11.6 Å². The first kappa shape index (κ1) is 20.9. The maximum Gasteiger partial charge on any atom is 0.252 e. The Morgan fingerprint density at radius 2 is 1.59 bits per heavy atom. The molecule has 0 bridgehead atoms. The molecule has 1 amide bonds. The van der Waals surface area contributed by atoms with Gasteiger partial charge in [-0.3, -0.25) is 9.59 Å². The summed E-state index contributed by atoms with van der Waals surface area (Å²) in [6.45, 7) is 0.247. The summed E-state index contributed by atoms with van der Waals surface area (Å²) in [7, 11) is 0. The first-order valence-electron chi connectivity index (χ1n) is 9.95. The van der Waals surface area contributed by atoms with Crippen LogP contribution in [-0.2, 0) is 6.54 Å². The predicted octanol–water partition coefficient (Wildman–Crippen LogP) is 5.17. The summed E-state index contributed by atoms with van der Waals surface area (Å²) in [6.07, 6.45) is 1.64. The number of halogens is 1. The van der Waals surface area contributed by atoms with Crippen LogP contribution in [0.3, 0.4) is 0 Å². The Bertz CT molecular complexity index is 1240. The normalized spacial score (nSPS) is 10.4. The van der Waals surface area contributed by atoms with Crippen LogP contribution in [0, 0.1) is 5.82 Å². The number of hydrogen-bond acceptors (Lipinski definition) is 4. The van der Waals surface area contributed by atoms with Crippen LogP contribution in [0.25, 0.3) is 0 Å². The molecule has 1 heterocycles. The molecule has 0 fully saturated rings. The highest BCUT2D eigenvalue weighted by atomic mass is 19.1. The number of ether oxygens (including phenoxy) is 1. The zero-order valence-corrected chi connectivity index (χ0v) is 17.0. The number of nitrogens with zero attached hydrogens (tertiary/aromatic N) is 1. The monoisotopic (exact) mass is 426 g/mol. The molecule has 0 saturated carbocycles. The van der Waals surface area contributed by atoms with Crippen molar-refractivity contribution in [2.45, 2.75) is 6.54 Å². The lowest BCUT2D eigenvalue weighted by molar-refractivity contribution is 0.0939. The third-order valence-electron chi connectivity index (χ3n) is 4.73. The summed E-state index contributed by atoms with van der Waals surface area (Å²) in [4.78, 5) is 29.8. The van der Waals surface area contributed by atoms with E-state index in [-0.39, 0.29) is 29.4 Å². The van der Waals surface area contributed by atoms with Gasteiger partial charge >= 0.3 is 0 Å². The maximum atomic E-state index is 13.2. The number of benzene rings is 3. The van der Waals surface area contributed by atoms with Crippen molar-refractivity contribution in [3.8, 4) is 11.6 Å². The molecule has 1 aromatic heterocycles. The van der Waals surface area contributed by atoms with Crippen LogP contribution in [0.2, 0.25) is 0 Å². The van der Waals surface area contributed by atoms with E-state index in [1.54, 1.807) is 48.7 Å². The predicted molar refractivity (Wildman–Crippen MR) is 118 cm³/mol. The second-order valence-corrected chi connectivity index (χ2v) is 6.98. The maximum absolute atomic E-state index is 13.2. The fraction of sp³-hybridized carbons (Fsp3) is 0.0385. The molecule has 0 aliphatic carbocycles. The molecule has 3 aromatic carbocycles. The van der Waals surface area contributed by atoms with Crippen LogP contribution < -0.4 is 10.1 Å². The van der Waals surface area contributed by atoms with E-state index in [0.29, 0.717) is 17.2 Å². The molecule has 32 heavy (non-hydrogen) atoms. The molecule has 4 rings (SSSR count). The molecular weight excluding hydrogens is 407 g/mol. The van der Waals surface area contributed by atoms with Crippen molar-refractivity contribution in [1.82, 2.24) is 10.3 Å². The molecular formula is C26H19FN2O3. The smallest absolute Gasteiger partial charge is 0.252 e. The molecule has 4 aromatic rings. The summed E-state index contributed by atoms with van der Waals surface area (Å²) in [5.41, 5.74) is 1.65. The van der Waals surface area contributed by atoms with Gasteiger partial charge in [-0.2, -0.15) is 0 Å². The summed E-state index contributed by atoms with van der Waals surface area (Å²) in [5.74, 6) is -0.0836. The number of amides is 1. The topological polar surface area (TPSA) is 68.3 Å². The minimum absolute atomic E-state index is 0.247. The van der Waals surface area contributed by atoms with Gasteiger partial charge in [0.2, 0.25) is 5.88 Å². The molecule has 0 saturated heterocycles. The Balaban J connectivity index is 1.47. The van der Waals surface area contributed by atoms with Crippen LogP contribution in [0.4, 0.5) is 4.39 Å². The molecule has 0 aliphatic rings. The number of carbonyl (C=O) groups excluding carboxylic acids is 2. The Morgan fingerprint density at radius 1 is 0.844 bits per heavy atom. The standard InChI is InChI=1S/C26H19FN2O3/c27-20-13-11-19(12-14-20)25(30)22-8-1-2-9-23(22)26(31)29-17-18-6-5-7-21(16-18)32-24-10-3-4-15-28-24/h1-16H,17H2,(H,29,31). The van der Waals surface area contributed by atoms with Gasteiger partial charge in [0.05, 0.1) is 5.56 Å². The zero-order valence-electron chi connectivity index (χ0n) is 17.0. The third kappa shape index (κ3) is 5.05. The van der Waals surface area contributed by atoms with Crippen LogP contribution in [0.1, 0.15) is 31.8 Å². The Hall–Kier alpha value is -4.32. The minimum Gasteiger partial charge on any atom is -0.439 e. The highest BCUT2D eigenvalue weighted by Crippen LogP contribution is 2.20. The van der Waals surface area contributed by atoms with Crippen LogP contribution in [0.15, 0.2) is 97.2 Å². The number of hydrogen-bond donors (Lipinski definition) is 1. The van der Waals surface area contributed by atoms with Crippen molar-refractivity contribution in [2.24, 2.45) is 0 Å². The molecule has 0 spiro atoms. The van der Waals surface area contributed by atoms with Gasteiger partial charge in [0.15, 0.2) is 5.78 Å². The summed E-state index contributed by atoms with van der Waals surface area (Å²) >= 11 is 0. The van der Waals surface area contributed by atoms with Gasteiger partial charge in [-0.1, -0.05) is 36.4 Å². The van der Waals surface area contributed by atoms with E-state index < -0.39 is 5.82 Å². The largest absolute Gasteiger partial charge is 0.439 e. The number of nitrogens with one attached hydrogen (secondary N) is 1. The number of ketones is 1. The van der Waals surface area contributed by atoms with Crippen molar-refractivity contribution < 1.29 is 18.7 Å². The quantitative estimate of drug-likeness (QED) is 0.414. The lowest BCUT2D eigenvalue weighted by Crippen LogP contribution is -2.25. The molecule has 0 unspecified atom stereocenters. The van der Waals surface area contributed by atoms with E-state index in [1.165, 1.54) is 24.3 Å². The Kier molecular flexibility index (Phi) is 6.32. The highest BCUT2D eigenvalue weighted by molar-refractivity contribution is 6.15. The van der Waals surface area contributed by atoms with Crippen molar-refractivity contribution >= 4 is 11.7 Å². The summed E-state index contributed by atoms with van der Waals surface area (Å²) in [6, 6.07) is 24.5. The summed E-state index contributed by atoms with van der Waals surface area (Å²) < 4.78 is 18.9. The van der Waals surface area contributed by atoms with Gasteiger partial charge in [-0.25, -0.2) is 9.37 Å². The molecule has 5 nitrogen and oxygen atoms in total. The van der Waals surface area contributed by atoms with E-state index in [0.717, 1.165) is 5.56 Å². The number of aromatic nitrogens is 1. The Morgan fingerprint density at radius 3 is 2.34 bits per heavy atom. The van der Waals surface area contributed by atoms with Gasteiger partial charge in [-0.15, -0.1) is 0 Å². The van der Waals surface area contributed by atoms with E-state index in [1.807, 2.05) is 24.3 Å². The SMILES string of the molecule is O=C(NCc1cccc(Oc2ccccn2)c1)c1ccccc1C(=O)c1ccc(F)cc1. The van der Waals surface area contributed by atoms with E-state index in [4.69, 9.17) is 4.74 Å². The fourth-order valence-corrected chi connectivity index (χ4v) is 3.16. The molecule has 1 N–H and O–H groups in total. The molecule has 0 radical (unpaired) electrons. The highest BCUT2D eigenvalue weighted by Gasteiger charge is 2.18. The van der Waals surface area contributed by atoms with Crippen molar-refractivity contribution in [2.75, 3.05) is 0 Å². The molecule has 0 atom stereocenters. The van der Waals surface area contributed by atoms with Gasteiger partial charge in [0.25, 0.3) is 5.91 Å². The molecule has 0 aliphatic heterocycles. The van der Waals surface area contributed by atoms with Gasteiger partial charge in [-0.05, 0) is 54.1 Å². The van der Waals surface area contributed by atoms with E-state index >= 15 is 0 Å². The minimum atomic E-state index is -0.429. The van der Waals surface area contributed by atoms with E-state index in [9.17, 15) is 14.0 Å². The fourth-order valence-electron chi connectivity index (χ4n) is 3.16. The van der Waals surface area contributed by atoms with Crippen molar-refractivity contribution in [3.05, 3.63) is 125 Å². The van der Waals surface area contributed by atoms with Gasteiger partial charge < -0.3 is 10.1 Å². The second-order valence-electron chi connectivity index (χ2n) is 6.98. The lowest BCUT2D eigenvalue weighted by atomic mass is 9.98. The van der Waals surface area contributed by atoms with Crippen LogP contribution in [-0.4, -0.2) is 16.7 Å². The van der Waals surface area contributed by atoms with Crippen molar-refractivity contribution in [1.29, 1.82) is 0 Å². The number of carbonyl (C=O) groups is 2.